The van der Waals surface area contributed by atoms with Gasteiger partial charge in [0.05, 0.1) is 0 Å². The van der Waals surface area contributed by atoms with Gasteiger partial charge in [0, 0.05) is 0 Å². The summed E-state index contributed by atoms with van der Waals surface area (Å²) in [7, 11) is -1.29. The quantitative estimate of drug-likeness (QED) is 0.319. The van der Waals surface area contributed by atoms with Crippen LogP contribution in [-0.2, 0) is 0 Å². The molecule has 0 aliphatic rings. The maximum Gasteiger partial charge on any atom is 0.153 e. The zero-order chi connectivity index (χ0) is 9.45. The van der Waals surface area contributed by atoms with Gasteiger partial charge in [-0.1, -0.05) is 52.5 Å². The molecule has 0 fully saturated rings. The fraction of sp³-hybridized carbons (Fsp3) is 1.00. The maximum absolute atomic E-state index is 6.49. The van der Waals surface area contributed by atoms with Crippen LogP contribution in [0.2, 0.25) is 18.6 Å². The van der Waals surface area contributed by atoms with Crippen LogP contribution < -0.4 is 0 Å². The summed E-state index contributed by atoms with van der Waals surface area (Å²) in [6, 6.07) is 2.64. The Morgan fingerprint density at radius 1 is 0.917 bits per heavy atom. The van der Waals surface area contributed by atoms with Crippen molar-refractivity contribution in [1.29, 1.82) is 0 Å². The highest BCUT2D eigenvalue weighted by Gasteiger charge is 2.22. The van der Waals surface area contributed by atoms with Gasteiger partial charge in [0.25, 0.3) is 0 Å². The first kappa shape index (κ1) is 12.5. The molecule has 0 spiro atoms. The van der Waals surface area contributed by atoms with E-state index in [9.17, 15) is 0 Å². The highest BCUT2D eigenvalue weighted by atomic mass is 35.6. The van der Waals surface area contributed by atoms with Gasteiger partial charge in [-0.2, -0.15) is 11.1 Å². The molecule has 0 saturated carbocycles. The maximum atomic E-state index is 6.49. The largest absolute Gasteiger partial charge is 0.167 e. The van der Waals surface area contributed by atoms with Gasteiger partial charge in [0.1, 0.15) is 0 Å². The van der Waals surface area contributed by atoms with Crippen LogP contribution in [-0.4, -0.2) is 7.38 Å². The SMILES string of the molecule is CCCCC[Si](C)(Cl)CCCC. The zero-order valence-corrected chi connectivity index (χ0v) is 10.6. The van der Waals surface area contributed by atoms with E-state index in [0.29, 0.717) is 0 Å². The summed E-state index contributed by atoms with van der Waals surface area (Å²) in [6.45, 7) is 6.81. The van der Waals surface area contributed by atoms with Gasteiger partial charge >= 0.3 is 0 Å². The van der Waals surface area contributed by atoms with E-state index in [2.05, 4.69) is 20.4 Å². The topological polar surface area (TPSA) is 0 Å². The molecule has 1 atom stereocenters. The molecule has 0 heterocycles. The van der Waals surface area contributed by atoms with E-state index >= 15 is 0 Å². The van der Waals surface area contributed by atoms with Crippen LogP contribution in [0.3, 0.4) is 0 Å². The Balaban J connectivity index is 3.42. The van der Waals surface area contributed by atoms with Crippen molar-refractivity contribution in [3.05, 3.63) is 0 Å². The van der Waals surface area contributed by atoms with E-state index in [1.807, 2.05) is 0 Å². The first-order valence-electron chi connectivity index (χ1n) is 5.31. The molecule has 0 aliphatic carbocycles. The minimum atomic E-state index is -1.29. The molecule has 0 aromatic rings. The smallest absolute Gasteiger partial charge is 0.153 e. The molecule has 0 nitrogen and oxygen atoms in total. The lowest BCUT2D eigenvalue weighted by Crippen LogP contribution is -2.21. The molecule has 2 heteroatoms. The third-order valence-electron chi connectivity index (χ3n) is 2.35. The minimum absolute atomic E-state index is 1.29. The number of unbranched alkanes of at least 4 members (excludes halogenated alkanes) is 3. The van der Waals surface area contributed by atoms with E-state index in [1.165, 1.54) is 44.2 Å². The van der Waals surface area contributed by atoms with Gasteiger partial charge in [0.15, 0.2) is 7.38 Å². The summed E-state index contributed by atoms with van der Waals surface area (Å²) in [4.78, 5) is 0. The van der Waals surface area contributed by atoms with Gasteiger partial charge in [-0.25, -0.2) is 0 Å². The zero-order valence-electron chi connectivity index (χ0n) is 8.83. The third-order valence-corrected chi connectivity index (χ3v) is 6.28. The number of rotatable bonds is 7. The van der Waals surface area contributed by atoms with E-state index in [0.717, 1.165) is 0 Å². The summed E-state index contributed by atoms with van der Waals surface area (Å²) < 4.78 is 0. The highest BCUT2D eigenvalue weighted by Crippen LogP contribution is 2.25. The molecule has 0 amide bonds. The van der Waals surface area contributed by atoms with Crippen molar-refractivity contribution < 1.29 is 0 Å². The second-order valence-electron chi connectivity index (χ2n) is 3.97. The molecule has 0 aromatic heterocycles. The second-order valence-corrected chi connectivity index (χ2v) is 10.5. The summed E-state index contributed by atoms with van der Waals surface area (Å²) in [5, 5.41) is 0. The first-order chi connectivity index (χ1) is 5.62. The Bertz CT molecular complexity index is 102. The van der Waals surface area contributed by atoms with E-state index in [1.54, 1.807) is 0 Å². The average molecular weight is 207 g/mol. The molecule has 0 rings (SSSR count). The molecule has 0 saturated heterocycles. The Kier molecular flexibility index (Phi) is 7.26. The Morgan fingerprint density at radius 3 is 1.92 bits per heavy atom. The Labute approximate surface area is 83.4 Å². The molecular weight excluding hydrogens is 184 g/mol. The number of hydrogen-bond donors (Lipinski definition) is 0. The lowest BCUT2D eigenvalue weighted by molar-refractivity contribution is 0.759. The molecule has 1 unspecified atom stereocenters. The van der Waals surface area contributed by atoms with Crippen molar-refractivity contribution >= 4 is 18.5 Å². The van der Waals surface area contributed by atoms with Gasteiger partial charge in [-0.05, 0) is 12.1 Å². The van der Waals surface area contributed by atoms with Gasteiger partial charge in [0.2, 0.25) is 0 Å². The monoisotopic (exact) mass is 206 g/mol. The fourth-order valence-corrected chi connectivity index (χ4v) is 4.54. The van der Waals surface area contributed by atoms with Crippen LogP contribution >= 0.6 is 11.1 Å². The van der Waals surface area contributed by atoms with Gasteiger partial charge in [-0.15, -0.1) is 0 Å². The Morgan fingerprint density at radius 2 is 1.42 bits per heavy atom. The summed E-state index contributed by atoms with van der Waals surface area (Å²) in [5.41, 5.74) is 0. The van der Waals surface area contributed by atoms with E-state index in [4.69, 9.17) is 11.1 Å². The van der Waals surface area contributed by atoms with Crippen LogP contribution in [0.5, 0.6) is 0 Å². The number of hydrogen-bond acceptors (Lipinski definition) is 0. The van der Waals surface area contributed by atoms with Crippen LogP contribution in [0.1, 0.15) is 46.0 Å². The molecule has 0 radical (unpaired) electrons. The molecule has 0 aromatic carbocycles. The lowest BCUT2D eigenvalue weighted by atomic mass is 10.3. The standard InChI is InChI=1S/C10H23ClSi/c1-4-6-8-10-12(3,11)9-7-5-2/h4-10H2,1-3H3. The van der Waals surface area contributed by atoms with E-state index in [-0.39, 0.29) is 0 Å². The molecule has 0 aliphatic heterocycles. The van der Waals surface area contributed by atoms with Crippen molar-refractivity contribution in [2.45, 2.75) is 64.6 Å². The van der Waals surface area contributed by atoms with Crippen molar-refractivity contribution in [3.8, 4) is 0 Å². The van der Waals surface area contributed by atoms with Crippen LogP contribution in [0.4, 0.5) is 0 Å². The normalized spacial score (nSPS) is 16.0. The second kappa shape index (κ2) is 6.96. The molecule has 0 bridgehead atoms. The van der Waals surface area contributed by atoms with Gasteiger partial charge < -0.3 is 0 Å². The van der Waals surface area contributed by atoms with Crippen molar-refractivity contribution in [2.75, 3.05) is 0 Å². The Hall–Kier alpha value is 0.507. The predicted molar refractivity (Wildman–Crippen MR) is 61.5 cm³/mol. The van der Waals surface area contributed by atoms with Crippen LogP contribution in [0, 0.1) is 0 Å². The molecule has 74 valence electrons. The lowest BCUT2D eigenvalue weighted by Gasteiger charge is -2.18. The van der Waals surface area contributed by atoms with E-state index < -0.39 is 7.38 Å². The predicted octanol–water partition coefficient (Wildman–Crippen LogP) is 4.79. The summed E-state index contributed by atoms with van der Waals surface area (Å²) in [6.07, 6.45) is 6.66. The molecule has 0 N–H and O–H groups in total. The average Bonchev–Trinajstić information content (AvgIpc) is 2.01. The summed E-state index contributed by atoms with van der Waals surface area (Å²) >= 11 is 6.49. The number of halogens is 1. The van der Waals surface area contributed by atoms with Crippen molar-refractivity contribution in [2.24, 2.45) is 0 Å². The molecule has 12 heavy (non-hydrogen) atoms. The third kappa shape index (κ3) is 7.17. The van der Waals surface area contributed by atoms with Crippen LogP contribution in [0.15, 0.2) is 0 Å². The molecular formula is C10H23ClSi. The fourth-order valence-electron chi connectivity index (χ4n) is 1.41. The summed E-state index contributed by atoms with van der Waals surface area (Å²) in [5.74, 6) is 0. The van der Waals surface area contributed by atoms with Crippen LogP contribution in [0.25, 0.3) is 0 Å². The van der Waals surface area contributed by atoms with Crippen molar-refractivity contribution in [3.63, 3.8) is 0 Å². The minimum Gasteiger partial charge on any atom is -0.167 e. The van der Waals surface area contributed by atoms with Crippen molar-refractivity contribution in [1.82, 2.24) is 0 Å². The van der Waals surface area contributed by atoms with Gasteiger partial charge in [-0.3, -0.25) is 0 Å². The highest BCUT2D eigenvalue weighted by molar-refractivity contribution is 7.19. The first-order valence-corrected chi connectivity index (χ1v) is 9.24.